The van der Waals surface area contributed by atoms with Gasteiger partial charge in [0.25, 0.3) is 0 Å². The minimum atomic E-state index is -3.74. The number of nitrogens with two attached hydrogens (primary N) is 1. The first kappa shape index (κ1) is 18.4. The number of aryl methyl sites for hydroxylation is 1. The number of carbonyl (C=O) groups excluding carboxylic acids is 1. The molecular formula is C18H23N2O3S. The van der Waals surface area contributed by atoms with E-state index in [1.807, 2.05) is 13.8 Å². The molecule has 0 spiro atoms. The highest BCUT2D eigenvalue weighted by Crippen LogP contribution is 2.30. The molecule has 2 rings (SSSR count). The van der Waals surface area contributed by atoms with Crippen LogP contribution in [0.15, 0.2) is 45.9 Å². The Labute approximate surface area is 143 Å². The van der Waals surface area contributed by atoms with Crippen LogP contribution in [0.4, 0.5) is 5.69 Å². The molecule has 6 heteroatoms. The van der Waals surface area contributed by atoms with Gasteiger partial charge in [0, 0.05) is 5.69 Å². The number of amides is 1. The van der Waals surface area contributed by atoms with E-state index in [-0.39, 0.29) is 17.2 Å². The van der Waals surface area contributed by atoms with Gasteiger partial charge in [-0.1, -0.05) is 24.1 Å². The van der Waals surface area contributed by atoms with Gasteiger partial charge in [-0.05, 0) is 62.4 Å². The van der Waals surface area contributed by atoms with Crippen LogP contribution in [0.5, 0.6) is 0 Å². The molecule has 0 fully saturated rings. The number of primary sulfonamides is 1. The lowest BCUT2D eigenvalue weighted by Crippen LogP contribution is -2.17. The van der Waals surface area contributed by atoms with Crippen molar-refractivity contribution in [3.8, 4) is 0 Å². The van der Waals surface area contributed by atoms with Crippen LogP contribution in [0.25, 0.3) is 0 Å². The second kappa shape index (κ2) is 6.91. The zero-order valence-corrected chi connectivity index (χ0v) is 15.2. The molecule has 0 heterocycles. The van der Waals surface area contributed by atoms with Crippen molar-refractivity contribution < 1.29 is 13.2 Å². The van der Waals surface area contributed by atoms with E-state index in [0.717, 1.165) is 16.7 Å². The molecule has 0 saturated heterocycles. The molecule has 1 aromatic rings. The summed E-state index contributed by atoms with van der Waals surface area (Å²) in [6, 6.07) is 4.41. The Morgan fingerprint density at radius 1 is 1.25 bits per heavy atom. The fraction of sp³-hybridized carbons (Fsp3) is 0.333. The van der Waals surface area contributed by atoms with Crippen LogP contribution in [0.2, 0.25) is 0 Å². The molecular weight excluding hydrogens is 324 g/mol. The first-order valence-corrected chi connectivity index (χ1v) is 9.29. The Kier molecular flexibility index (Phi) is 5.30. The van der Waals surface area contributed by atoms with Gasteiger partial charge in [0.2, 0.25) is 15.9 Å². The molecule has 1 radical (unpaired) electrons. The van der Waals surface area contributed by atoms with Gasteiger partial charge in [0.05, 0.1) is 11.3 Å². The molecule has 1 atom stereocenters. The summed E-state index contributed by atoms with van der Waals surface area (Å²) in [5.74, 6) is 0.247. The lowest BCUT2D eigenvalue weighted by molar-refractivity contribution is -0.115. The van der Waals surface area contributed by atoms with E-state index in [4.69, 9.17) is 5.14 Å². The molecule has 1 amide bonds. The van der Waals surface area contributed by atoms with Crippen LogP contribution in [0.1, 0.15) is 32.8 Å². The summed E-state index contributed by atoms with van der Waals surface area (Å²) in [4.78, 5) is 12.4. The van der Waals surface area contributed by atoms with Crippen LogP contribution >= 0.6 is 0 Å². The third kappa shape index (κ3) is 4.33. The monoisotopic (exact) mass is 347 g/mol. The van der Waals surface area contributed by atoms with Gasteiger partial charge in [-0.25, -0.2) is 13.6 Å². The predicted octanol–water partition coefficient (Wildman–Crippen LogP) is 3.09. The molecule has 129 valence electrons. The smallest absolute Gasteiger partial charge is 0.238 e. The first-order valence-electron chi connectivity index (χ1n) is 7.74. The lowest BCUT2D eigenvalue weighted by Gasteiger charge is -2.21. The highest BCUT2D eigenvalue weighted by molar-refractivity contribution is 7.89. The SMILES string of the molecule is CC1=C[C@@H](C)[CH]C(C)=C1CC(=O)Nc1ccc(S(N)(=O)=O)cc1C. The summed E-state index contributed by atoms with van der Waals surface area (Å²) in [5.41, 5.74) is 4.51. The highest BCUT2D eigenvalue weighted by Gasteiger charge is 2.18. The summed E-state index contributed by atoms with van der Waals surface area (Å²) in [5, 5.41) is 7.95. The van der Waals surface area contributed by atoms with Crippen molar-refractivity contribution in [2.75, 3.05) is 5.32 Å². The highest BCUT2D eigenvalue weighted by atomic mass is 32.2. The number of hydrogen-bond donors (Lipinski definition) is 2. The number of anilines is 1. The fourth-order valence-electron chi connectivity index (χ4n) is 2.94. The number of benzene rings is 1. The summed E-state index contributed by atoms with van der Waals surface area (Å²) < 4.78 is 22.7. The maximum Gasteiger partial charge on any atom is 0.238 e. The summed E-state index contributed by atoms with van der Waals surface area (Å²) >= 11 is 0. The maximum absolute atomic E-state index is 12.4. The second-order valence-corrected chi connectivity index (χ2v) is 7.85. The molecule has 0 bridgehead atoms. The van der Waals surface area contributed by atoms with Crippen molar-refractivity contribution in [2.45, 2.75) is 39.0 Å². The normalized spacial score (nSPS) is 18.4. The van der Waals surface area contributed by atoms with E-state index in [0.29, 0.717) is 17.2 Å². The Hall–Kier alpha value is -1.92. The topological polar surface area (TPSA) is 89.3 Å². The summed E-state index contributed by atoms with van der Waals surface area (Å²) in [6.07, 6.45) is 4.57. The van der Waals surface area contributed by atoms with Crippen LogP contribution in [-0.4, -0.2) is 14.3 Å². The van der Waals surface area contributed by atoms with E-state index in [9.17, 15) is 13.2 Å². The standard InChI is InChI=1S/C18H23N2O3S/c1-11-7-12(2)16(13(3)8-11)10-18(21)20-17-6-5-15(9-14(17)4)24(19,22)23/h5-9,11H,10H2,1-4H3,(H,20,21)(H2,19,22,23). The minimum absolute atomic E-state index is 0.0335. The van der Waals surface area contributed by atoms with E-state index in [1.165, 1.54) is 12.1 Å². The van der Waals surface area contributed by atoms with E-state index in [1.54, 1.807) is 13.0 Å². The Balaban J connectivity index is 2.14. The number of carbonyl (C=O) groups is 1. The number of rotatable bonds is 4. The zero-order valence-electron chi connectivity index (χ0n) is 14.4. The third-order valence-electron chi connectivity index (χ3n) is 4.12. The average Bonchev–Trinajstić information content (AvgIpc) is 2.44. The quantitative estimate of drug-likeness (QED) is 0.877. The fourth-order valence-corrected chi connectivity index (χ4v) is 3.53. The van der Waals surface area contributed by atoms with E-state index >= 15 is 0 Å². The molecule has 1 aromatic carbocycles. The van der Waals surface area contributed by atoms with Gasteiger partial charge < -0.3 is 5.32 Å². The van der Waals surface area contributed by atoms with Gasteiger partial charge in [-0.15, -0.1) is 0 Å². The second-order valence-electron chi connectivity index (χ2n) is 6.28. The largest absolute Gasteiger partial charge is 0.326 e. The van der Waals surface area contributed by atoms with Crippen LogP contribution in [0.3, 0.4) is 0 Å². The lowest BCUT2D eigenvalue weighted by atomic mass is 9.85. The summed E-state index contributed by atoms with van der Waals surface area (Å²) in [6.45, 7) is 7.87. The van der Waals surface area contributed by atoms with Crippen LogP contribution in [0, 0.1) is 19.3 Å². The molecule has 24 heavy (non-hydrogen) atoms. The molecule has 0 aromatic heterocycles. The molecule has 0 aliphatic heterocycles. The molecule has 3 N–H and O–H groups in total. The Morgan fingerprint density at radius 2 is 1.92 bits per heavy atom. The maximum atomic E-state index is 12.4. The molecule has 5 nitrogen and oxygen atoms in total. The van der Waals surface area contributed by atoms with Crippen molar-refractivity contribution in [2.24, 2.45) is 11.1 Å². The van der Waals surface area contributed by atoms with Gasteiger partial charge in [-0.2, -0.15) is 0 Å². The Morgan fingerprint density at radius 3 is 2.46 bits per heavy atom. The number of hydrogen-bond acceptors (Lipinski definition) is 3. The first-order chi connectivity index (χ1) is 11.1. The van der Waals surface area contributed by atoms with E-state index in [2.05, 4.69) is 24.7 Å². The zero-order chi connectivity index (χ0) is 18.1. The van der Waals surface area contributed by atoms with Crippen molar-refractivity contribution in [1.82, 2.24) is 0 Å². The molecule has 0 saturated carbocycles. The van der Waals surface area contributed by atoms with Crippen molar-refractivity contribution in [1.29, 1.82) is 0 Å². The predicted molar refractivity (Wildman–Crippen MR) is 95.7 cm³/mol. The van der Waals surface area contributed by atoms with E-state index < -0.39 is 10.0 Å². The van der Waals surface area contributed by atoms with Crippen molar-refractivity contribution >= 4 is 21.6 Å². The number of sulfonamides is 1. The average molecular weight is 347 g/mol. The molecule has 1 aliphatic carbocycles. The number of nitrogens with one attached hydrogen (secondary N) is 1. The minimum Gasteiger partial charge on any atom is -0.326 e. The van der Waals surface area contributed by atoms with Crippen LogP contribution in [-0.2, 0) is 14.8 Å². The van der Waals surface area contributed by atoms with Gasteiger partial charge in [0.15, 0.2) is 0 Å². The van der Waals surface area contributed by atoms with Crippen LogP contribution < -0.4 is 10.5 Å². The van der Waals surface area contributed by atoms with Crippen molar-refractivity contribution in [3.05, 3.63) is 53.0 Å². The summed E-state index contributed by atoms with van der Waals surface area (Å²) in [7, 11) is -3.74. The number of allylic oxidation sites excluding steroid dienone is 3. The molecule has 0 unspecified atom stereocenters. The third-order valence-corrected chi connectivity index (χ3v) is 5.03. The van der Waals surface area contributed by atoms with Gasteiger partial charge >= 0.3 is 0 Å². The van der Waals surface area contributed by atoms with Crippen molar-refractivity contribution in [3.63, 3.8) is 0 Å². The Bertz CT molecular complexity index is 836. The van der Waals surface area contributed by atoms with Gasteiger partial charge in [0.1, 0.15) is 0 Å². The molecule has 1 aliphatic rings. The van der Waals surface area contributed by atoms with Gasteiger partial charge in [-0.3, -0.25) is 4.79 Å².